The third kappa shape index (κ3) is 3.30. The Hall–Kier alpha value is -1.73. The maximum absolute atomic E-state index is 12.8. The maximum atomic E-state index is 12.8. The normalized spacial score (nSPS) is 22.0. The summed E-state index contributed by atoms with van der Waals surface area (Å²) in [4.78, 5) is 11.7. The predicted molar refractivity (Wildman–Crippen MR) is 62.3 cm³/mol. The van der Waals surface area contributed by atoms with E-state index in [2.05, 4.69) is 0 Å². The van der Waals surface area contributed by atoms with Gasteiger partial charge in [0.1, 0.15) is 0 Å². The number of amides is 1. The second-order valence-corrected chi connectivity index (χ2v) is 5.03. The van der Waals surface area contributed by atoms with Gasteiger partial charge < -0.3 is 5.32 Å². The molecule has 21 heavy (non-hydrogen) atoms. The fraction of sp³-hybridized carbons (Fsp3) is 0.462. The van der Waals surface area contributed by atoms with Crippen LogP contribution in [-0.2, 0) is 17.1 Å². The summed E-state index contributed by atoms with van der Waals surface area (Å²) in [6.07, 6.45) is -9.51. The number of benzene rings is 1. The van der Waals surface area contributed by atoms with Gasteiger partial charge in [-0.2, -0.15) is 26.3 Å². The monoisotopic (exact) mass is 311 g/mol. The number of para-hydroxylation sites is 1. The first kappa shape index (κ1) is 15.7. The molecule has 1 aromatic carbocycles. The average Bonchev–Trinajstić information content (AvgIpc) is 3.04. The number of hydrogen-bond donors (Lipinski definition) is 1. The lowest BCUT2D eigenvalue weighted by molar-refractivity contribution is -0.141. The molecule has 1 aliphatic carbocycles. The first-order valence-electron chi connectivity index (χ1n) is 6.10. The number of anilines is 1. The predicted octanol–water partition coefficient (Wildman–Crippen LogP) is 4.32. The van der Waals surface area contributed by atoms with Crippen molar-refractivity contribution in [2.45, 2.75) is 25.7 Å². The molecule has 0 bridgehead atoms. The molecule has 8 heteroatoms. The van der Waals surface area contributed by atoms with E-state index in [9.17, 15) is 31.1 Å². The van der Waals surface area contributed by atoms with Crippen molar-refractivity contribution in [3.8, 4) is 0 Å². The summed E-state index contributed by atoms with van der Waals surface area (Å²) in [6, 6.07) is 1.70. The van der Waals surface area contributed by atoms with Crippen LogP contribution in [0.1, 0.15) is 24.5 Å². The van der Waals surface area contributed by atoms with E-state index in [0.29, 0.717) is 24.6 Å². The topological polar surface area (TPSA) is 29.1 Å². The van der Waals surface area contributed by atoms with E-state index in [1.807, 2.05) is 0 Å². The minimum absolute atomic E-state index is 0.0302. The molecule has 0 saturated heterocycles. The Balaban J connectivity index is 2.46. The van der Waals surface area contributed by atoms with Gasteiger partial charge in [-0.3, -0.25) is 4.79 Å². The van der Waals surface area contributed by atoms with Crippen molar-refractivity contribution >= 4 is 11.6 Å². The Bertz CT molecular complexity index is 531. The number of hydrogen-bond acceptors (Lipinski definition) is 1. The van der Waals surface area contributed by atoms with Crippen LogP contribution in [0.2, 0.25) is 0 Å². The van der Waals surface area contributed by atoms with Gasteiger partial charge in [0.2, 0.25) is 5.91 Å². The van der Waals surface area contributed by atoms with Gasteiger partial charge in [0, 0.05) is 5.92 Å². The molecule has 1 N–H and O–H groups in total. The second-order valence-electron chi connectivity index (χ2n) is 5.03. The molecule has 2 atom stereocenters. The summed E-state index contributed by atoms with van der Waals surface area (Å²) in [5, 5.41) is 1.81. The minimum atomic E-state index is -4.99. The van der Waals surface area contributed by atoms with Crippen LogP contribution in [0.3, 0.4) is 0 Å². The van der Waals surface area contributed by atoms with Crippen LogP contribution in [0.25, 0.3) is 0 Å². The van der Waals surface area contributed by atoms with Gasteiger partial charge in [0.25, 0.3) is 0 Å². The van der Waals surface area contributed by atoms with Gasteiger partial charge in [0.15, 0.2) is 0 Å². The molecule has 0 radical (unpaired) electrons. The van der Waals surface area contributed by atoms with E-state index in [4.69, 9.17) is 0 Å². The summed E-state index contributed by atoms with van der Waals surface area (Å²) in [7, 11) is 0. The van der Waals surface area contributed by atoms with Crippen LogP contribution in [0.4, 0.5) is 32.0 Å². The molecule has 0 aliphatic heterocycles. The van der Waals surface area contributed by atoms with Crippen LogP contribution in [0, 0.1) is 11.8 Å². The van der Waals surface area contributed by atoms with Crippen molar-refractivity contribution in [3.05, 3.63) is 29.3 Å². The third-order valence-corrected chi connectivity index (χ3v) is 3.37. The van der Waals surface area contributed by atoms with Gasteiger partial charge >= 0.3 is 12.4 Å². The highest BCUT2D eigenvalue weighted by atomic mass is 19.4. The Labute approximate surface area is 116 Å². The molecule has 1 amide bonds. The average molecular weight is 311 g/mol. The number of alkyl halides is 6. The van der Waals surface area contributed by atoms with E-state index in [1.165, 1.54) is 0 Å². The maximum Gasteiger partial charge on any atom is 0.418 e. The second kappa shape index (κ2) is 4.92. The third-order valence-electron chi connectivity index (χ3n) is 3.37. The molecule has 0 unspecified atom stereocenters. The van der Waals surface area contributed by atoms with Crippen LogP contribution in [0.15, 0.2) is 18.2 Å². The van der Waals surface area contributed by atoms with Gasteiger partial charge in [-0.1, -0.05) is 13.0 Å². The van der Waals surface area contributed by atoms with Crippen molar-refractivity contribution in [3.63, 3.8) is 0 Å². The fourth-order valence-electron chi connectivity index (χ4n) is 2.06. The van der Waals surface area contributed by atoms with Crippen molar-refractivity contribution in [1.29, 1.82) is 0 Å². The van der Waals surface area contributed by atoms with Crippen molar-refractivity contribution in [2.75, 3.05) is 5.32 Å². The van der Waals surface area contributed by atoms with Gasteiger partial charge in [-0.15, -0.1) is 0 Å². The Morgan fingerprint density at radius 2 is 1.52 bits per heavy atom. The molecule has 1 aromatic rings. The Kier molecular flexibility index (Phi) is 3.67. The summed E-state index contributed by atoms with van der Waals surface area (Å²) < 4.78 is 77.1. The number of nitrogens with one attached hydrogen (secondary N) is 1. The van der Waals surface area contributed by atoms with Crippen LogP contribution in [0.5, 0.6) is 0 Å². The summed E-state index contributed by atoms with van der Waals surface area (Å²) in [6.45, 7) is 1.70. The molecule has 0 spiro atoms. The van der Waals surface area contributed by atoms with Gasteiger partial charge in [-0.05, 0) is 24.5 Å². The largest absolute Gasteiger partial charge is 0.418 e. The zero-order valence-electron chi connectivity index (χ0n) is 10.8. The van der Waals surface area contributed by atoms with E-state index in [0.717, 1.165) is 0 Å². The van der Waals surface area contributed by atoms with Crippen molar-refractivity contribution < 1.29 is 31.1 Å². The molecular formula is C13H11F6NO. The molecule has 1 fully saturated rings. The number of carbonyl (C=O) groups excluding carboxylic acids is 1. The number of halogens is 6. The molecule has 1 aliphatic rings. The standard InChI is InChI=1S/C13H11F6NO/c1-6-5-7(6)11(21)20-10-8(12(14,15)16)3-2-4-9(10)13(17,18)19/h2-4,6-7H,5H2,1H3,(H,20,21)/t6-,7-/m1/s1. The number of rotatable bonds is 2. The molecule has 0 heterocycles. The van der Waals surface area contributed by atoms with Crippen LogP contribution in [-0.4, -0.2) is 5.91 Å². The Morgan fingerprint density at radius 3 is 1.86 bits per heavy atom. The first-order valence-corrected chi connectivity index (χ1v) is 6.10. The van der Waals surface area contributed by atoms with E-state index < -0.39 is 41.0 Å². The minimum Gasteiger partial charge on any atom is -0.325 e. The highest BCUT2D eigenvalue weighted by Gasteiger charge is 2.44. The quantitative estimate of drug-likeness (QED) is 0.810. The Morgan fingerprint density at radius 1 is 1.10 bits per heavy atom. The highest BCUT2D eigenvalue weighted by molar-refractivity contribution is 5.96. The molecular weight excluding hydrogens is 300 g/mol. The summed E-state index contributed by atoms with van der Waals surface area (Å²) in [5.41, 5.74) is -4.22. The zero-order chi connectivity index (χ0) is 16.0. The highest BCUT2D eigenvalue weighted by Crippen LogP contribution is 2.44. The number of carbonyl (C=O) groups is 1. The van der Waals surface area contributed by atoms with Gasteiger partial charge in [-0.25, -0.2) is 0 Å². The lowest BCUT2D eigenvalue weighted by Gasteiger charge is -2.19. The van der Waals surface area contributed by atoms with E-state index in [-0.39, 0.29) is 5.92 Å². The lowest BCUT2D eigenvalue weighted by Crippen LogP contribution is -2.22. The van der Waals surface area contributed by atoms with E-state index in [1.54, 1.807) is 12.2 Å². The smallest absolute Gasteiger partial charge is 0.325 e. The van der Waals surface area contributed by atoms with Crippen LogP contribution >= 0.6 is 0 Å². The molecule has 2 nitrogen and oxygen atoms in total. The molecule has 0 aromatic heterocycles. The fourth-order valence-corrected chi connectivity index (χ4v) is 2.06. The summed E-state index contributed by atoms with van der Waals surface area (Å²) in [5.74, 6) is -1.38. The lowest BCUT2D eigenvalue weighted by atomic mass is 10.1. The molecule has 2 rings (SSSR count). The molecule has 116 valence electrons. The first-order chi connectivity index (χ1) is 9.51. The molecule has 1 saturated carbocycles. The zero-order valence-corrected chi connectivity index (χ0v) is 10.8. The van der Waals surface area contributed by atoms with Crippen molar-refractivity contribution in [1.82, 2.24) is 0 Å². The van der Waals surface area contributed by atoms with Gasteiger partial charge in [0.05, 0.1) is 16.8 Å². The van der Waals surface area contributed by atoms with Crippen LogP contribution < -0.4 is 5.32 Å². The van der Waals surface area contributed by atoms with Crippen molar-refractivity contribution in [2.24, 2.45) is 11.8 Å². The SMILES string of the molecule is C[C@@H]1C[C@H]1C(=O)Nc1c(C(F)(F)F)cccc1C(F)(F)F. The summed E-state index contributed by atoms with van der Waals surface area (Å²) >= 11 is 0. The van der Waals surface area contributed by atoms with E-state index >= 15 is 0 Å².